The molecule has 3 aromatic heterocycles. The van der Waals surface area contributed by atoms with Crippen LogP contribution in [-0.2, 0) is 24.2 Å². The van der Waals surface area contributed by atoms with Gasteiger partial charge in [-0.1, -0.05) is 0 Å². The summed E-state index contributed by atoms with van der Waals surface area (Å²) in [6, 6.07) is 3.81. The van der Waals surface area contributed by atoms with Crippen LogP contribution in [0.5, 0.6) is 0 Å². The van der Waals surface area contributed by atoms with Crippen LogP contribution in [0.15, 0.2) is 37.1 Å². The third-order valence-corrected chi connectivity index (χ3v) is 4.67. The van der Waals surface area contributed by atoms with Gasteiger partial charge in [-0.05, 0) is 18.6 Å². The molecule has 0 radical (unpaired) electrons. The summed E-state index contributed by atoms with van der Waals surface area (Å²) in [6.07, 6.45) is 8.54. The van der Waals surface area contributed by atoms with Crippen molar-refractivity contribution >= 4 is 11.7 Å². The predicted octanol–water partition coefficient (Wildman–Crippen LogP) is 1.82. The highest BCUT2D eigenvalue weighted by atomic mass is 16.2. The normalized spacial score (nSPS) is 13.3. The van der Waals surface area contributed by atoms with Crippen molar-refractivity contribution in [3.63, 3.8) is 0 Å². The van der Waals surface area contributed by atoms with E-state index in [0.29, 0.717) is 18.9 Å². The molecular weight excluding hydrogens is 342 g/mol. The average molecular weight is 363 g/mol. The Bertz CT molecular complexity index is 925. The maximum Gasteiger partial charge on any atom is 0.219 e. The minimum Gasteiger partial charge on any atom is -0.369 e. The van der Waals surface area contributed by atoms with Crippen molar-refractivity contribution in [2.75, 3.05) is 18.4 Å². The average Bonchev–Trinajstić information content (AvgIpc) is 3.21. The van der Waals surface area contributed by atoms with Gasteiger partial charge in [-0.2, -0.15) is 0 Å². The molecule has 1 aliphatic rings. The molecule has 27 heavy (non-hydrogen) atoms. The highest BCUT2D eigenvalue weighted by Gasteiger charge is 2.24. The maximum absolute atomic E-state index is 11.8. The predicted molar refractivity (Wildman–Crippen MR) is 101 cm³/mol. The van der Waals surface area contributed by atoms with Crippen LogP contribution in [0.2, 0.25) is 0 Å². The summed E-state index contributed by atoms with van der Waals surface area (Å²) >= 11 is 0. The summed E-state index contributed by atoms with van der Waals surface area (Å²) in [5, 5.41) is 3.44. The van der Waals surface area contributed by atoms with Gasteiger partial charge in [0.15, 0.2) is 5.82 Å². The molecule has 2 N–H and O–H groups in total. The summed E-state index contributed by atoms with van der Waals surface area (Å²) in [5.41, 5.74) is 3.91. The van der Waals surface area contributed by atoms with Gasteiger partial charge in [-0.15, -0.1) is 0 Å². The molecule has 0 atom stereocenters. The van der Waals surface area contributed by atoms with Crippen LogP contribution in [0.3, 0.4) is 0 Å². The van der Waals surface area contributed by atoms with Crippen molar-refractivity contribution in [1.82, 2.24) is 29.8 Å². The zero-order valence-electron chi connectivity index (χ0n) is 15.1. The number of carbonyl (C=O) groups excluding carboxylic acids is 1. The van der Waals surface area contributed by atoms with E-state index < -0.39 is 0 Å². The second-order valence-corrected chi connectivity index (χ2v) is 6.51. The molecule has 3 aromatic rings. The topological polar surface area (TPSA) is 99.7 Å². The molecule has 0 bridgehead atoms. The van der Waals surface area contributed by atoms with Gasteiger partial charge < -0.3 is 15.2 Å². The highest BCUT2D eigenvalue weighted by Crippen LogP contribution is 2.27. The van der Waals surface area contributed by atoms with Gasteiger partial charge in [0.25, 0.3) is 0 Å². The number of carbonyl (C=O) groups is 1. The number of nitrogens with one attached hydrogen (secondary N) is 2. The number of hydrogen-bond acceptors (Lipinski definition) is 6. The second kappa shape index (κ2) is 7.53. The van der Waals surface area contributed by atoms with E-state index >= 15 is 0 Å². The fraction of sp³-hybridized carbons (Fsp3) is 0.316. The standard InChI is InChI=1S/C19H21N7O/c1-13(27)26-8-5-16-17(11-26)24-18(14-3-2-6-20-9-14)25-19(16)22-7-4-15-10-21-12-23-15/h2-3,6,9-10,12H,4-5,7-8,11H2,1H3,(H,21,23)(H,22,24,25). The quantitative estimate of drug-likeness (QED) is 0.717. The van der Waals surface area contributed by atoms with Gasteiger partial charge in [0.05, 0.1) is 18.6 Å². The Labute approximate surface area is 157 Å². The fourth-order valence-electron chi connectivity index (χ4n) is 3.21. The number of nitrogens with zero attached hydrogens (tertiary/aromatic N) is 5. The molecule has 0 saturated heterocycles. The number of imidazole rings is 1. The van der Waals surface area contributed by atoms with E-state index in [9.17, 15) is 4.79 Å². The summed E-state index contributed by atoms with van der Waals surface area (Å²) in [4.78, 5) is 34.4. The molecule has 138 valence electrons. The van der Waals surface area contributed by atoms with Crippen LogP contribution >= 0.6 is 0 Å². The number of amides is 1. The van der Waals surface area contributed by atoms with Crippen LogP contribution < -0.4 is 5.32 Å². The zero-order chi connectivity index (χ0) is 18.6. The zero-order valence-corrected chi connectivity index (χ0v) is 15.1. The second-order valence-electron chi connectivity index (χ2n) is 6.51. The van der Waals surface area contributed by atoms with Gasteiger partial charge >= 0.3 is 0 Å². The molecule has 0 fully saturated rings. The third-order valence-electron chi connectivity index (χ3n) is 4.67. The first-order valence-corrected chi connectivity index (χ1v) is 8.97. The van der Waals surface area contributed by atoms with E-state index in [1.165, 1.54) is 0 Å². The van der Waals surface area contributed by atoms with Gasteiger partial charge in [0.1, 0.15) is 5.82 Å². The highest BCUT2D eigenvalue weighted by molar-refractivity contribution is 5.74. The molecule has 0 aliphatic carbocycles. The summed E-state index contributed by atoms with van der Waals surface area (Å²) in [5.74, 6) is 1.52. The molecule has 1 amide bonds. The Morgan fingerprint density at radius 2 is 2.22 bits per heavy atom. The molecule has 8 nitrogen and oxygen atoms in total. The number of H-pyrrole nitrogens is 1. The molecule has 0 aromatic carbocycles. The fourth-order valence-corrected chi connectivity index (χ4v) is 3.21. The van der Waals surface area contributed by atoms with Crippen LogP contribution in [0.25, 0.3) is 11.4 Å². The van der Waals surface area contributed by atoms with Crippen molar-refractivity contribution in [2.45, 2.75) is 26.3 Å². The Kier molecular flexibility index (Phi) is 4.78. The van der Waals surface area contributed by atoms with E-state index in [1.54, 1.807) is 25.6 Å². The SMILES string of the molecule is CC(=O)N1CCc2c(nc(-c3cccnc3)nc2NCCc2cnc[nH]2)C1. The van der Waals surface area contributed by atoms with Gasteiger partial charge in [-0.3, -0.25) is 9.78 Å². The molecule has 0 spiro atoms. The van der Waals surface area contributed by atoms with Crippen LogP contribution in [-0.4, -0.2) is 48.8 Å². The molecule has 4 heterocycles. The van der Waals surface area contributed by atoms with Gasteiger partial charge in [0, 0.05) is 61.8 Å². The van der Waals surface area contributed by atoms with E-state index in [4.69, 9.17) is 9.97 Å². The Morgan fingerprint density at radius 3 is 2.96 bits per heavy atom. The lowest BCUT2D eigenvalue weighted by molar-refractivity contribution is -0.129. The van der Waals surface area contributed by atoms with E-state index in [1.807, 2.05) is 23.2 Å². The van der Waals surface area contributed by atoms with Crippen molar-refractivity contribution in [3.8, 4) is 11.4 Å². The van der Waals surface area contributed by atoms with Crippen molar-refractivity contribution in [2.24, 2.45) is 0 Å². The lowest BCUT2D eigenvalue weighted by Gasteiger charge is -2.28. The number of aromatic amines is 1. The first kappa shape index (κ1) is 17.1. The minimum absolute atomic E-state index is 0.0657. The maximum atomic E-state index is 11.8. The van der Waals surface area contributed by atoms with E-state index in [2.05, 4.69) is 20.3 Å². The lowest BCUT2D eigenvalue weighted by Crippen LogP contribution is -2.35. The number of anilines is 1. The Balaban J connectivity index is 1.64. The first-order chi connectivity index (χ1) is 13.2. The van der Waals surface area contributed by atoms with Crippen molar-refractivity contribution < 1.29 is 4.79 Å². The summed E-state index contributed by atoms with van der Waals surface area (Å²) in [6.45, 7) is 3.52. The lowest BCUT2D eigenvalue weighted by atomic mass is 10.0. The number of pyridine rings is 1. The van der Waals surface area contributed by atoms with Crippen LogP contribution in [0.1, 0.15) is 23.9 Å². The molecule has 0 unspecified atom stereocenters. The number of hydrogen-bond donors (Lipinski definition) is 2. The van der Waals surface area contributed by atoms with Crippen molar-refractivity contribution in [1.29, 1.82) is 0 Å². The van der Waals surface area contributed by atoms with Crippen molar-refractivity contribution in [3.05, 3.63) is 54.0 Å². The van der Waals surface area contributed by atoms with Crippen LogP contribution in [0.4, 0.5) is 5.82 Å². The van der Waals surface area contributed by atoms with E-state index in [-0.39, 0.29) is 5.91 Å². The largest absolute Gasteiger partial charge is 0.369 e. The molecule has 1 aliphatic heterocycles. The molecule has 4 rings (SSSR count). The number of aromatic nitrogens is 5. The Hall–Kier alpha value is -3.29. The third kappa shape index (κ3) is 3.79. The smallest absolute Gasteiger partial charge is 0.219 e. The van der Waals surface area contributed by atoms with E-state index in [0.717, 1.165) is 47.7 Å². The number of fused-ring (bicyclic) bond motifs is 1. The molecular formula is C19H21N7O. The Morgan fingerprint density at radius 1 is 1.30 bits per heavy atom. The van der Waals surface area contributed by atoms with Gasteiger partial charge in [-0.25, -0.2) is 15.0 Å². The number of rotatable bonds is 5. The first-order valence-electron chi connectivity index (χ1n) is 8.97. The monoisotopic (exact) mass is 363 g/mol. The summed E-state index contributed by atoms with van der Waals surface area (Å²) in [7, 11) is 0. The summed E-state index contributed by atoms with van der Waals surface area (Å²) < 4.78 is 0. The van der Waals surface area contributed by atoms with Crippen LogP contribution in [0, 0.1) is 0 Å². The van der Waals surface area contributed by atoms with Gasteiger partial charge in [0.2, 0.25) is 5.91 Å². The molecule has 8 heteroatoms. The molecule has 0 saturated carbocycles. The minimum atomic E-state index is 0.0657.